The van der Waals surface area contributed by atoms with Gasteiger partial charge >= 0.3 is 0 Å². The normalized spacial score (nSPS) is 23.2. The Morgan fingerprint density at radius 2 is 1.83 bits per heavy atom. The van der Waals surface area contributed by atoms with E-state index in [-0.39, 0.29) is 12.2 Å². The predicted molar refractivity (Wildman–Crippen MR) is 94.6 cm³/mol. The second kappa shape index (κ2) is 9.99. The highest BCUT2D eigenvalue weighted by molar-refractivity contribution is 5.27. The monoisotopic (exact) mass is 337 g/mol. The Bertz CT molecular complexity index is 455. The zero-order chi connectivity index (χ0) is 17.4. The summed E-state index contributed by atoms with van der Waals surface area (Å²) in [7, 11) is 0. The van der Waals surface area contributed by atoms with Crippen LogP contribution in [0.15, 0.2) is 24.3 Å². The minimum absolute atomic E-state index is 0.217. The van der Waals surface area contributed by atoms with Gasteiger partial charge in [-0.2, -0.15) is 0 Å². The van der Waals surface area contributed by atoms with E-state index in [1.165, 1.54) is 5.56 Å². The molecule has 136 valence electrons. The van der Waals surface area contributed by atoms with Gasteiger partial charge in [0.15, 0.2) is 0 Å². The van der Waals surface area contributed by atoms with Gasteiger partial charge in [-0.1, -0.05) is 19.1 Å². The van der Waals surface area contributed by atoms with Crippen molar-refractivity contribution in [2.75, 3.05) is 39.5 Å². The third-order valence-corrected chi connectivity index (χ3v) is 4.10. The largest absolute Gasteiger partial charge is 0.491 e. The molecule has 0 aliphatic carbocycles. The van der Waals surface area contributed by atoms with Gasteiger partial charge < -0.3 is 19.3 Å². The van der Waals surface area contributed by atoms with Crippen molar-refractivity contribution in [2.24, 2.45) is 0 Å². The molecule has 1 fully saturated rings. The van der Waals surface area contributed by atoms with Crippen molar-refractivity contribution in [1.29, 1.82) is 0 Å². The van der Waals surface area contributed by atoms with Crippen LogP contribution in [-0.2, 0) is 15.9 Å². The number of rotatable bonds is 9. The fourth-order valence-electron chi connectivity index (χ4n) is 3.04. The van der Waals surface area contributed by atoms with E-state index >= 15 is 0 Å². The van der Waals surface area contributed by atoms with Crippen molar-refractivity contribution in [1.82, 2.24) is 4.90 Å². The first-order valence-corrected chi connectivity index (χ1v) is 8.92. The molecule has 2 rings (SSSR count). The first-order chi connectivity index (χ1) is 11.6. The summed E-state index contributed by atoms with van der Waals surface area (Å²) in [4.78, 5) is 2.23. The molecule has 0 spiro atoms. The summed E-state index contributed by atoms with van der Waals surface area (Å²) in [5.74, 6) is 0.854. The Hall–Kier alpha value is -1.14. The fourth-order valence-corrected chi connectivity index (χ4v) is 3.04. The summed E-state index contributed by atoms with van der Waals surface area (Å²) >= 11 is 0. The van der Waals surface area contributed by atoms with Crippen LogP contribution in [0.2, 0.25) is 0 Å². The maximum Gasteiger partial charge on any atom is 0.119 e. The van der Waals surface area contributed by atoms with Crippen LogP contribution < -0.4 is 4.74 Å². The number of morpholine rings is 1. The minimum Gasteiger partial charge on any atom is -0.491 e. The number of benzene rings is 1. The smallest absolute Gasteiger partial charge is 0.119 e. The van der Waals surface area contributed by atoms with Gasteiger partial charge in [-0.3, -0.25) is 4.90 Å². The summed E-state index contributed by atoms with van der Waals surface area (Å²) in [5.41, 5.74) is 1.30. The fraction of sp³-hybridized carbons (Fsp3) is 0.684. The summed E-state index contributed by atoms with van der Waals surface area (Å²) in [5, 5.41) is 10.1. The van der Waals surface area contributed by atoms with Gasteiger partial charge in [-0.05, 0) is 38.0 Å². The van der Waals surface area contributed by atoms with Crippen molar-refractivity contribution in [3.8, 4) is 5.75 Å². The van der Waals surface area contributed by atoms with E-state index < -0.39 is 6.10 Å². The molecule has 5 nitrogen and oxygen atoms in total. The van der Waals surface area contributed by atoms with Crippen LogP contribution in [0.3, 0.4) is 0 Å². The molecule has 3 atom stereocenters. The van der Waals surface area contributed by atoms with Crippen molar-refractivity contribution in [3.63, 3.8) is 0 Å². The summed E-state index contributed by atoms with van der Waals surface area (Å²) in [6.07, 6.45) is 0.984. The zero-order valence-corrected chi connectivity index (χ0v) is 15.1. The highest BCUT2D eigenvalue weighted by Crippen LogP contribution is 2.13. The number of aryl methyl sites for hydroxylation is 1. The Labute approximate surface area is 145 Å². The van der Waals surface area contributed by atoms with Gasteiger partial charge in [0.05, 0.1) is 31.5 Å². The topological polar surface area (TPSA) is 51.2 Å². The molecule has 0 bridgehead atoms. The summed E-state index contributed by atoms with van der Waals surface area (Å²) in [6.45, 7) is 9.90. The van der Waals surface area contributed by atoms with E-state index in [9.17, 15) is 5.11 Å². The van der Waals surface area contributed by atoms with Crippen LogP contribution in [0.1, 0.15) is 26.3 Å². The molecule has 1 N–H and O–H groups in total. The number of hydrogen-bond acceptors (Lipinski definition) is 5. The van der Waals surface area contributed by atoms with Gasteiger partial charge in [0.25, 0.3) is 0 Å². The third-order valence-electron chi connectivity index (χ3n) is 4.10. The first-order valence-electron chi connectivity index (χ1n) is 8.92. The molecule has 0 saturated carbocycles. The Morgan fingerprint density at radius 1 is 1.17 bits per heavy atom. The number of aliphatic hydroxyl groups excluding tert-OH is 1. The molecule has 1 aromatic carbocycles. The zero-order valence-electron chi connectivity index (χ0n) is 15.1. The number of β-amino-alcohol motifs (C(OH)–C–C–N with tert-alkyl or cyclic N) is 1. The second-order valence-electron chi connectivity index (χ2n) is 6.55. The Balaban J connectivity index is 1.56. The van der Waals surface area contributed by atoms with Crippen molar-refractivity contribution < 1.29 is 19.3 Å². The van der Waals surface area contributed by atoms with E-state index in [1.54, 1.807) is 0 Å². The molecule has 0 radical (unpaired) electrons. The minimum atomic E-state index is -0.480. The van der Waals surface area contributed by atoms with E-state index in [0.29, 0.717) is 26.4 Å². The quantitative estimate of drug-likeness (QED) is 0.700. The van der Waals surface area contributed by atoms with Crippen LogP contribution in [0.5, 0.6) is 5.75 Å². The molecule has 1 aliphatic rings. The highest BCUT2D eigenvalue weighted by Gasteiger charge is 2.23. The number of nitrogens with zero attached hydrogens (tertiary/aromatic N) is 1. The van der Waals surface area contributed by atoms with Crippen LogP contribution >= 0.6 is 0 Å². The van der Waals surface area contributed by atoms with Gasteiger partial charge in [0.2, 0.25) is 0 Å². The standard InChI is InChI=1S/C19H31NO4/c1-4-17-5-7-19(8-6-17)23-10-9-22-14-18(21)13-20-11-15(2)24-16(3)12-20/h5-8,15-16,18,21H,4,9-14H2,1-3H3/t15-,16+,18-/m1/s1. The summed E-state index contributed by atoms with van der Waals surface area (Å²) < 4.78 is 16.9. The van der Waals surface area contributed by atoms with Crippen molar-refractivity contribution in [2.45, 2.75) is 45.5 Å². The van der Waals surface area contributed by atoms with Gasteiger partial charge in [0, 0.05) is 19.6 Å². The lowest BCUT2D eigenvalue weighted by Crippen LogP contribution is -2.48. The van der Waals surface area contributed by atoms with Crippen LogP contribution in [0.25, 0.3) is 0 Å². The van der Waals surface area contributed by atoms with Crippen molar-refractivity contribution in [3.05, 3.63) is 29.8 Å². The number of aliphatic hydroxyl groups is 1. The second-order valence-corrected chi connectivity index (χ2v) is 6.55. The van der Waals surface area contributed by atoms with Gasteiger partial charge in [-0.25, -0.2) is 0 Å². The molecule has 0 amide bonds. The van der Waals surface area contributed by atoms with E-state index in [1.807, 2.05) is 12.1 Å². The van der Waals surface area contributed by atoms with Crippen LogP contribution in [0.4, 0.5) is 0 Å². The molecule has 5 heteroatoms. The Morgan fingerprint density at radius 3 is 2.46 bits per heavy atom. The van der Waals surface area contributed by atoms with Crippen LogP contribution in [0, 0.1) is 0 Å². The Kier molecular flexibility index (Phi) is 7.99. The lowest BCUT2D eigenvalue weighted by molar-refractivity contribution is -0.0824. The molecule has 0 aromatic heterocycles. The number of hydrogen-bond donors (Lipinski definition) is 1. The SMILES string of the molecule is CCc1ccc(OCCOC[C@H](O)CN2C[C@@H](C)O[C@@H](C)C2)cc1. The lowest BCUT2D eigenvalue weighted by Gasteiger charge is -2.36. The summed E-state index contributed by atoms with van der Waals surface area (Å²) in [6, 6.07) is 8.11. The van der Waals surface area contributed by atoms with E-state index in [2.05, 4.69) is 37.8 Å². The average molecular weight is 337 g/mol. The number of ether oxygens (including phenoxy) is 3. The molecular weight excluding hydrogens is 306 g/mol. The average Bonchev–Trinajstić information content (AvgIpc) is 2.54. The van der Waals surface area contributed by atoms with Gasteiger partial charge in [-0.15, -0.1) is 0 Å². The molecule has 0 unspecified atom stereocenters. The van der Waals surface area contributed by atoms with Crippen molar-refractivity contribution >= 4 is 0 Å². The predicted octanol–water partition coefficient (Wildman–Crippen LogP) is 2.11. The third kappa shape index (κ3) is 6.77. The maximum atomic E-state index is 10.1. The van der Waals surface area contributed by atoms with E-state index in [4.69, 9.17) is 14.2 Å². The highest BCUT2D eigenvalue weighted by atomic mass is 16.5. The molecule has 1 aliphatic heterocycles. The van der Waals surface area contributed by atoms with Gasteiger partial charge in [0.1, 0.15) is 12.4 Å². The molecule has 24 heavy (non-hydrogen) atoms. The molecule has 1 aromatic rings. The molecule has 1 heterocycles. The van der Waals surface area contributed by atoms with Crippen LogP contribution in [-0.4, -0.2) is 67.8 Å². The maximum absolute atomic E-state index is 10.1. The first kappa shape index (κ1) is 19.2. The molecule has 1 saturated heterocycles. The van der Waals surface area contributed by atoms with E-state index in [0.717, 1.165) is 25.3 Å². The lowest BCUT2D eigenvalue weighted by atomic mass is 10.2. The molecular formula is C19H31NO4.